The van der Waals surface area contributed by atoms with Crippen LogP contribution in [-0.4, -0.2) is 26.9 Å². The Bertz CT molecular complexity index is 611. The van der Waals surface area contributed by atoms with Crippen LogP contribution < -0.4 is 5.32 Å². The van der Waals surface area contributed by atoms with Gasteiger partial charge >= 0.3 is 0 Å². The van der Waals surface area contributed by atoms with Gasteiger partial charge in [0.05, 0.1) is 28.8 Å². The maximum Gasteiger partial charge on any atom is 0.253 e. The van der Waals surface area contributed by atoms with Gasteiger partial charge in [-0.2, -0.15) is 5.10 Å². The molecule has 2 aromatic rings. The van der Waals surface area contributed by atoms with Crippen LogP contribution in [0.25, 0.3) is 5.69 Å². The fourth-order valence-electron chi connectivity index (χ4n) is 1.43. The molecular weight excluding hydrogens is 289 g/mol. The van der Waals surface area contributed by atoms with Gasteiger partial charge in [0.2, 0.25) is 0 Å². The lowest BCUT2D eigenvalue weighted by atomic mass is 10.3. The van der Waals surface area contributed by atoms with Crippen LogP contribution in [0, 0.1) is 0 Å². The van der Waals surface area contributed by atoms with Crippen LogP contribution in [0.3, 0.4) is 0 Å². The van der Waals surface area contributed by atoms with Gasteiger partial charge in [0.15, 0.2) is 0 Å². The smallest absolute Gasteiger partial charge is 0.253 e. The molecule has 0 aliphatic rings. The van der Waals surface area contributed by atoms with E-state index < -0.39 is 12.0 Å². The standard InChI is InChI=1S/C12H11Cl2N3O2/c1-7(18)12(19)16-9-5-15-17(6-9)11-3-2-8(13)4-10(11)14/h2-7,18H,1H3,(H,16,19). The second-order valence-electron chi connectivity index (χ2n) is 3.93. The van der Waals surface area contributed by atoms with Gasteiger partial charge in [-0.25, -0.2) is 4.68 Å². The van der Waals surface area contributed by atoms with E-state index in [1.165, 1.54) is 17.8 Å². The van der Waals surface area contributed by atoms with Gasteiger partial charge in [-0.3, -0.25) is 4.79 Å². The van der Waals surface area contributed by atoms with Gasteiger partial charge in [-0.1, -0.05) is 23.2 Å². The number of carbonyl (C=O) groups excluding carboxylic acids is 1. The zero-order valence-corrected chi connectivity index (χ0v) is 11.5. The Balaban J connectivity index is 2.23. The third-order valence-corrected chi connectivity index (χ3v) is 2.92. The average Bonchev–Trinajstić information content (AvgIpc) is 2.77. The molecule has 0 saturated heterocycles. The summed E-state index contributed by atoms with van der Waals surface area (Å²) in [5.74, 6) is -0.498. The molecule has 0 fully saturated rings. The normalized spacial score (nSPS) is 12.2. The predicted molar refractivity (Wildman–Crippen MR) is 73.9 cm³/mol. The molecule has 2 N–H and O–H groups in total. The van der Waals surface area contributed by atoms with Gasteiger partial charge in [-0.15, -0.1) is 0 Å². The van der Waals surface area contributed by atoms with Crippen molar-refractivity contribution in [2.75, 3.05) is 5.32 Å². The highest BCUT2D eigenvalue weighted by atomic mass is 35.5. The number of amides is 1. The Morgan fingerprint density at radius 3 is 2.84 bits per heavy atom. The zero-order chi connectivity index (χ0) is 14.0. The molecule has 100 valence electrons. The number of rotatable bonds is 3. The number of nitrogens with zero attached hydrogens (tertiary/aromatic N) is 2. The van der Waals surface area contributed by atoms with Crippen LogP contribution in [0.2, 0.25) is 10.0 Å². The van der Waals surface area contributed by atoms with Crippen molar-refractivity contribution in [3.05, 3.63) is 40.6 Å². The lowest BCUT2D eigenvalue weighted by Crippen LogP contribution is -2.24. The molecule has 0 aliphatic heterocycles. The Labute approximate surface area is 119 Å². The topological polar surface area (TPSA) is 67.2 Å². The summed E-state index contributed by atoms with van der Waals surface area (Å²) in [6, 6.07) is 5.02. The first-order valence-electron chi connectivity index (χ1n) is 5.46. The van der Waals surface area contributed by atoms with Crippen molar-refractivity contribution in [2.45, 2.75) is 13.0 Å². The van der Waals surface area contributed by atoms with Crippen molar-refractivity contribution in [3.8, 4) is 5.69 Å². The van der Waals surface area contributed by atoms with E-state index in [0.29, 0.717) is 21.4 Å². The number of benzene rings is 1. The van der Waals surface area contributed by atoms with Crippen LogP contribution in [0.1, 0.15) is 6.92 Å². The SMILES string of the molecule is CC(O)C(=O)Nc1cnn(-c2ccc(Cl)cc2Cl)c1. The number of halogens is 2. The molecule has 0 radical (unpaired) electrons. The van der Waals surface area contributed by atoms with Crippen LogP contribution in [0.4, 0.5) is 5.69 Å². The number of aliphatic hydroxyl groups excluding tert-OH is 1. The lowest BCUT2D eigenvalue weighted by Gasteiger charge is -2.05. The third kappa shape index (κ3) is 3.26. The highest BCUT2D eigenvalue weighted by Gasteiger charge is 2.11. The second kappa shape index (κ2) is 5.61. The molecule has 1 aromatic carbocycles. The summed E-state index contributed by atoms with van der Waals surface area (Å²) in [7, 11) is 0. The van der Waals surface area contributed by atoms with Crippen molar-refractivity contribution in [1.29, 1.82) is 0 Å². The quantitative estimate of drug-likeness (QED) is 0.915. The third-order valence-electron chi connectivity index (χ3n) is 2.39. The Hall–Kier alpha value is -1.56. The van der Waals surface area contributed by atoms with E-state index in [4.69, 9.17) is 28.3 Å². The van der Waals surface area contributed by atoms with E-state index >= 15 is 0 Å². The minimum atomic E-state index is -1.08. The first-order chi connectivity index (χ1) is 8.97. The molecule has 0 spiro atoms. The van der Waals surface area contributed by atoms with E-state index in [0.717, 1.165) is 0 Å². The van der Waals surface area contributed by atoms with Crippen LogP contribution in [-0.2, 0) is 4.79 Å². The molecule has 19 heavy (non-hydrogen) atoms. The van der Waals surface area contributed by atoms with Crippen molar-refractivity contribution >= 4 is 34.8 Å². The summed E-state index contributed by atoms with van der Waals surface area (Å²) >= 11 is 11.9. The molecule has 1 aromatic heterocycles. The van der Waals surface area contributed by atoms with E-state index in [9.17, 15) is 4.79 Å². The predicted octanol–water partition coefficient (Wildman–Crippen LogP) is 2.50. The lowest BCUT2D eigenvalue weighted by molar-refractivity contribution is -0.123. The molecule has 0 aliphatic carbocycles. The number of carbonyl (C=O) groups is 1. The summed E-state index contributed by atoms with van der Waals surface area (Å²) in [4.78, 5) is 11.3. The molecule has 5 nitrogen and oxygen atoms in total. The number of hydrogen-bond donors (Lipinski definition) is 2. The summed E-state index contributed by atoms with van der Waals surface area (Å²) in [5.41, 5.74) is 1.11. The van der Waals surface area contributed by atoms with Crippen LogP contribution in [0.15, 0.2) is 30.6 Å². The highest BCUT2D eigenvalue weighted by molar-refractivity contribution is 6.35. The van der Waals surface area contributed by atoms with Crippen molar-refractivity contribution in [1.82, 2.24) is 9.78 Å². The summed E-state index contributed by atoms with van der Waals surface area (Å²) < 4.78 is 1.51. The number of aromatic nitrogens is 2. The Morgan fingerprint density at radius 1 is 1.47 bits per heavy atom. The van der Waals surface area contributed by atoms with Crippen molar-refractivity contribution < 1.29 is 9.90 Å². The summed E-state index contributed by atoms with van der Waals surface area (Å²) in [6.45, 7) is 1.38. The van der Waals surface area contributed by atoms with Crippen LogP contribution >= 0.6 is 23.2 Å². The molecule has 0 bridgehead atoms. The van der Waals surface area contributed by atoms with Gasteiger partial charge in [-0.05, 0) is 25.1 Å². The summed E-state index contributed by atoms with van der Waals surface area (Å²) in [6.07, 6.45) is 1.98. The zero-order valence-electron chi connectivity index (χ0n) is 9.97. The highest BCUT2D eigenvalue weighted by Crippen LogP contribution is 2.24. The minimum Gasteiger partial charge on any atom is -0.384 e. The number of anilines is 1. The molecule has 1 amide bonds. The van der Waals surface area contributed by atoms with E-state index in [1.54, 1.807) is 24.4 Å². The van der Waals surface area contributed by atoms with Gasteiger partial charge in [0.25, 0.3) is 5.91 Å². The molecule has 1 atom stereocenters. The van der Waals surface area contributed by atoms with Crippen molar-refractivity contribution in [3.63, 3.8) is 0 Å². The molecule has 7 heteroatoms. The van der Waals surface area contributed by atoms with Crippen molar-refractivity contribution in [2.24, 2.45) is 0 Å². The number of nitrogens with one attached hydrogen (secondary N) is 1. The maximum absolute atomic E-state index is 11.3. The summed E-state index contributed by atoms with van der Waals surface area (Å²) in [5, 5.41) is 16.7. The Kier molecular flexibility index (Phi) is 4.09. The maximum atomic E-state index is 11.3. The van der Waals surface area contributed by atoms with E-state index in [2.05, 4.69) is 10.4 Å². The monoisotopic (exact) mass is 299 g/mol. The molecule has 1 heterocycles. The van der Waals surface area contributed by atoms with Gasteiger partial charge in [0, 0.05) is 5.02 Å². The largest absolute Gasteiger partial charge is 0.384 e. The number of hydrogen-bond acceptors (Lipinski definition) is 3. The van der Waals surface area contributed by atoms with Gasteiger partial charge in [0.1, 0.15) is 6.10 Å². The fraction of sp³-hybridized carbons (Fsp3) is 0.167. The first kappa shape index (κ1) is 13.9. The first-order valence-corrected chi connectivity index (χ1v) is 6.22. The molecule has 2 rings (SSSR count). The second-order valence-corrected chi connectivity index (χ2v) is 4.78. The number of aliphatic hydroxyl groups is 1. The Morgan fingerprint density at radius 2 is 2.21 bits per heavy atom. The molecule has 0 saturated carbocycles. The fourth-order valence-corrected chi connectivity index (χ4v) is 1.93. The van der Waals surface area contributed by atoms with Gasteiger partial charge < -0.3 is 10.4 Å². The average molecular weight is 300 g/mol. The van der Waals surface area contributed by atoms with Crippen LogP contribution in [0.5, 0.6) is 0 Å². The minimum absolute atomic E-state index is 0.448. The molecule has 1 unspecified atom stereocenters. The van der Waals surface area contributed by atoms with E-state index in [1.807, 2.05) is 0 Å². The van der Waals surface area contributed by atoms with E-state index in [-0.39, 0.29) is 0 Å². The molecular formula is C12H11Cl2N3O2.